The van der Waals surface area contributed by atoms with Crippen molar-refractivity contribution in [2.24, 2.45) is 11.7 Å². The average Bonchev–Trinajstić information content (AvgIpc) is 3.59. The predicted molar refractivity (Wildman–Crippen MR) is 170 cm³/mol. The number of primary amides is 1. The van der Waals surface area contributed by atoms with Crippen molar-refractivity contribution in [1.29, 1.82) is 5.41 Å². The molecule has 2 heterocycles. The van der Waals surface area contributed by atoms with Gasteiger partial charge in [-0.3, -0.25) is 24.6 Å². The van der Waals surface area contributed by atoms with Gasteiger partial charge in [-0.1, -0.05) is 20.8 Å². The summed E-state index contributed by atoms with van der Waals surface area (Å²) in [6.45, 7) is 9.56. The van der Waals surface area contributed by atoms with Crippen molar-refractivity contribution in [2.75, 3.05) is 44.8 Å². The molecule has 0 bridgehead atoms. The molecular weight excluding hydrogens is 578 g/mol. The number of ketones is 1. The Bertz CT molecular complexity index is 1510. The van der Waals surface area contributed by atoms with Crippen LogP contribution in [-0.4, -0.2) is 79.3 Å². The number of carboxylic acids is 1. The fraction of sp³-hybridized carbons (Fsp3) is 0.485. The van der Waals surface area contributed by atoms with Crippen LogP contribution in [0.3, 0.4) is 0 Å². The fourth-order valence-corrected chi connectivity index (χ4v) is 5.74. The topological polar surface area (TPSA) is 175 Å². The number of hydrogen-bond acceptors (Lipinski definition) is 8. The predicted octanol–water partition coefficient (Wildman–Crippen LogP) is 3.32. The maximum Gasteiger partial charge on any atom is 0.303 e. The van der Waals surface area contributed by atoms with Gasteiger partial charge in [-0.25, -0.2) is 0 Å². The van der Waals surface area contributed by atoms with Gasteiger partial charge >= 0.3 is 5.97 Å². The molecule has 5 N–H and O–H groups in total. The lowest BCUT2D eigenvalue weighted by molar-refractivity contribution is -0.137. The molecule has 2 aromatic rings. The molecule has 0 aromatic heterocycles. The van der Waals surface area contributed by atoms with Gasteiger partial charge in [0.1, 0.15) is 17.3 Å². The molecule has 2 amide bonds. The first-order valence-electron chi connectivity index (χ1n) is 15.2. The van der Waals surface area contributed by atoms with E-state index in [-0.39, 0.29) is 48.9 Å². The number of carbonyl (C=O) groups is 4. The molecule has 1 fully saturated rings. The summed E-state index contributed by atoms with van der Waals surface area (Å²) in [6, 6.07) is 6.97. The van der Waals surface area contributed by atoms with Crippen LogP contribution < -0.4 is 25.4 Å². The molecule has 2 aliphatic rings. The third-order valence-corrected chi connectivity index (χ3v) is 8.16. The lowest BCUT2D eigenvalue weighted by Gasteiger charge is -2.30. The van der Waals surface area contributed by atoms with Crippen molar-refractivity contribution in [1.82, 2.24) is 10.2 Å². The Hall–Kier alpha value is -4.61. The van der Waals surface area contributed by atoms with Crippen LogP contribution in [0.25, 0.3) is 0 Å². The van der Waals surface area contributed by atoms with Crippen molar-refractivity contribution in [3.63, 3.8) is 0 Å². The van der Waals surface area contributed by atoms with Crippen molar-refractivity contribution in [2.45, 2.75) is 58.9 Å². The Balaban J connectivity index is 1.67. The molecule has 242 valence electrons. The van der Waals surface area contributed by atoms with Crippen LogP contribution >= 0.6 is 0 Å². The highest BCUT2D eigenvalue weighted by Crippen LogP contribution is 2.42. The number of carbonyl (C=O) groups excluding carboxylic acids is 3. The zero-order valence-corrected chi connectivity index (χ0v) is 26.6. The number of aliphatic carboxylic acids is 1. The third kappa shape index (κ3) is 7.38. The second kappa shape index (κ2) is 13.6. The van der Waals surface area contributed by atoms with Crippen LogP contribution in [0.5, 0.6) is 11.5 Å². The van der Waals surface area contributed by atoms with E-state index >= 15 is 0 Å². The van der Waals surface area contributed by atoms with Crippen LogP contribution in [0.4, 0.5) is 5.69 Å². The van der Waals surface area contributed by atoms with Crippen LogP contribution in [0.1, 0.15) is 84.4 Å². The Morgan fingerprint density at radius 2 is 1.87 bits per heavy atom. The van der Waals surface area contributed by atoms with Crippen molar-refractivity contribution in [3.8, 4) is 11.5 Å². The maximum absolute atomic E-state index is 13.9. The average molecular weight is 622 g/mol. The summed E-state index contributed by atoms with van der Waals surface area (Å²) < 4.78 is 11.9. The number of nitrogens with two attached hydrogens (primary N) is 1. The number of nitrogens with one attached hydrogen (secondary N) is 2. The Labute approximate surface area is 263 Å². The second-order valence-electron chi connectivity index (χ2n) is 12.4. The summed E-state index contributed by atoms with van der Waals surface area (Å²) in [7, 11) is 1.53. The molecule has 1 atom stereocenters. The number of fused-ring (bicyclic) bond motifs is 1. The molecule has 45 heavy (non-hydrogen) atoms. The van der Waals surface area contributed by atoms with E-state index < -0.39 is 11.4 Å². The zero-order valence-electron chi connectivity index (χ0n) is 26.6. The van der Waals surface area contributed by atoms with Gasteiger partial charge < -0.3 is 35.4 Å². The number of carboxylic acid groups (broad SMARTS) is 1. The van der Waals surface area contributed by atoms with E-state index in [0.29, 0.717) is 73.0 Å². The summed E-state index contributed by atoms with van der Waals surface area (Å²) in [5, 5.41) is 20.5. The lowest BCUT2D eigenvalue weighted by atomic mass is 9.84. The first-order chi connectivity index (χ1) is 21.2. The minimum absolute atomic E-state index is 0.0366. The highest BCUT2D eigenvalue weighted by Gasteiger charge is 2.34. The Morgan fingerprint density at radius 3 is 2.47 bits per heavy atom. The second-order valence-corrected chi connectivity index (χ2v) is 12.4. The summed E-state index contributed by atoms with van der Waals surface area (Å²) >= 11 is 0. The van der Waals surface area contributed by atoms with E-state index in [2.05, 4.69) is 5.32 Å². The van der Waals surface area contributed by atoms with Gasteiger partial charge in [0.25, 0.3) is 5.91 Å². The molecule has 12 nitrogen and oxygen atoms in total. The van der Waals surface area contributed by atoms with E-state index in [9.17, 15) is 19.2 Å². The molecule has 2 aliphatic heterocycles. The van der Waals surface area contributed by atoms with Crippen molar-refractivity contribution >= 4 is 35.1 Å². The smallest absolute Gasteiger partial charge is 0.303 e. The molecule has 12 heteroatoms. The van der Waals surface area contributed by atoms with Crippen molar-refractivity contribution in [3.05, 3.63) is 52.1 Å². The zero-order chi connectivity index (χ0) is 33.1. The monoisotopic (exact) mass is 621 g/mol. The summed E-state index contributed by atoms with van der Waals surface area (Å²) in [5.74, 6) is -1.04. The van der Waals surface area contributed by atoms with E-state index in [1.807, 2.05) is 38.7 Å². The van der Waals surface area contributed by atoms with Gasteiger partial charge in [0.2, 0.25) is 5.91 Å². The number of anilines is 1. The summed E-state index contributed by atoms with van der Waals surface area (Å²) in [4.78, 5) is 53.2. The minimum Gasteiger partial charge on any atom is -0.493 e. The van der Waals surface area contributed by atoms with Gasteiger partial charge in [-0.2, -0.15) is 0 Å². The minimum atomic E-state index is -0.909. The number of Topliss-reactive ketones (excluding diaryl/α,β-unsaturated/α-hetero) is 1. The quantitative estimate of drug-likeness (QED) is 0.193. The molecule has 2 aromatic carbocycles. The van der Waals surface area contributed by atoms with Crippen LogP contribution in [0.2, 0.25) is 0 Å². The Kier molecular flexibility index (Phi) is 10.0. The number of amidine groups is 1. The summed E-state index contributed by atoms with van der Waals surface area (Å²) in [5.41, 5.74) is 8.72. The normalized spacial score (nSPS) is 16.0. The van der Waals surface area contributed by atoms with E-state index in [0.717, 1.165) is 11.1 Å². The van der Waals surface area contributed by atoms with Gasteiger partial charge in [0.15, 0.2) is 5.78 Å². The van der Waals surface area contributed by atoms with Crippen molar-refractivity contribution < 1.29 is 33.8 Å². The molecule has 0 aliphatic carbocycles. The first-order valence-corrected chi connectivity index (χ1v) is 15.2. The van der Waals surface area contributed by atoms with Gasteiger partial charge in [0.05, 0.1) is 36.9 Å². The Morgan fingerprint density at radius 1 is 1.13 bits per heavy atom. The van der Waals surface area contributed by atoms with Crippen LogP contribution in [0, 0.1) is 11.3 Å². The molecular formula is C33H43N5O7. The molecule has 0 spiro atoms. The molecule has 1 unspecified atom stereocenters. The van der Waals surface area contributed by atoms with E-state index in [4.69, 9.17) is 25.7 Å². The molecule has 1 saturated heterocycles. The largest absolute Gasteiger partial charge is 0.493 e. The SMILES string of the molecule is CCOc1cc2c(cc1C(=O)NC)C(=N)N(CC(=O)c1cc(N3CCC(C(N)=O)C3)c(OCCCC(=O)O)c(C(C)(C)C)c1)C2. The number of ether oxygens (including phenoxy) is 2. The maximum atomic E-state index is 13.9. The first kappa shape index (κ1) is 33.3. The highest BCUT2D eigenvalue weighted by molar-refractivity contribution is 6.08. The standard InChI is InChI=1S/C33H43N5O7/c1-6-44-27-14-21-17-38(30(34)22(21)15-23(27)32(43)36-5)18-26(39)20-12-24(33(2,3)4)29(45-11-7-8-28(40)41)25(13-20)37-10-9-19(16-37)31(35)42/h12-15,19,34H,6-11,16-18H2,1-5H3,(H2,35,42)(H,36,43)(H,40,41). The van der Waals surface area contributed by atoms with Gasteiger partial charge in [0, 0.05) is 49.8 Å². The van der Waals surface area contributed by atoms with Gasteiger partial charge in [-0.15, -0.1) is 0 Å². The number of hydrogen-bond donors (Lipinski definition) is 4. The van der Waals surface area contributed by atoms with Crippen LogP contribution in [0.15, 0.2) is 24.3 Å². The third-order valence-electron chi connectivity index (χ3n) is 8.16. The van der Waals surface area contributed by atoms with E-state index in [1.54, 1.807) is 23.1 Å². The highest BCUT2D eigenvalue weighted by atomic mass is 16.5. The molecule has 4 rings (SSSR count). The summed E-state index contributed by atoms with van der Waals surface area (Å²) in [6.07, 6.45) is 0.847. The number of benzene rings is 2. The van der Waals surface area contributed by atoms with E-state index in [1.165, 1.54) is 7.05 Å². The number of nitrogens with zero attached hydrogens (tertiary/aromatic N) is 2. The number of amides is 2. The molecule has 0 saturated carbocycles. The number of rotatable bonds is 13. The van der Waals surface area contributed by atoms with Gasteiger partial charge in [-0.05, 0) is 55.0 Å². The molecule has 0 radical (unpaired) electrons. The fourth-order valence-electron chi connectivity index (χ4n) is 5.74. The lowest BCUT2D eigenvalue weighted by Crippen LogP contribution is -2.31. The van der Waals surface area contributed by atoms with Crippen LogP contribution in [-0.2, 0) is 21.5 Å².